The van der Waals surface area contributed by atoms with Gasteiger partial charge in [0, 0.05) is 12.4 Å². The van der Waals surface area contributed by atoms with Gasteiger partial charge in [0.2, 0.25) is 0 Å². The maximum absolute atomic E-state index is 4.24. The number of hydrogen-bond acceptors (Lipinski definition) is 3. The van der Waals surface area contributed by atoms with Crippen molar-refractivity contribution >= 4 is 15.9 Å². The molecule has 0 saturated heterocycles. The number of nitrogens with zero attached hydrogens (tertiary/aromatic N) is 5. The Morgan fingerprint density at radius 1 is 1.43 bits per heavy atom. The van der Waals surface area contributed by atoms with Gasteiger partial charge in [-0.1, -0.05) is 21.1 Å². The number of rotatable bonds is 2. The maximum atomic E-state index is 4.24. The molecule has 0 aliphatic carbocycles. The maximum Gasteiger partial charge on any atom is 0.107 e. The molecule has 6 heteroatoms. The smallest absolute Gasteiger partial charge is 0.107 e. The molecule has 0 spiro atoms. The second-order valence-corrected chi connectivity index (χ2v) is 3.62. The van der Waals surface area contributed by atoms with Crippen molar-refractivity contribution in [3.05, 3.63) is 23.8 Å². The zero-order valence-electron chi connectivity index (χ0n) is 7.98. The van der Waals surface area contributed by atoms with Crippen molar-refractivity contribution in [1.29, 1.82) is 0 Å². The van der Waals surface area contributed by atoms with Gasteiger partial charge in [-0.25, -0.2) is 4.68 Å². The van der Waals surface area contributed by atoms with Gasteiger partial charge in [0.05, 0.1) is 23.8 Å². The first kappa shape index (κ1) is 9.39. The summed E-state index contributed by atoms with van der Waals surface area (Å²) >= 11 is 3.33. The minimum atomic E-state index is 0.715. The highest BCUT2D eigenvalue weighted by Crippen LogP contribution is 2.11. The minimum absolute atomic E-state index is 0.715. The number of aromatic nitrogens is 5. The second-order valence-electron chi connectivity index (χ2n) is 3.06. The van der Waals surface area contributed by atoms with Crippen molar-refractivity contribution in [1.82, 2.24) is 24.8 Å². The van der Waals surface area contributed by atoms with Gasteiger partial charge in [0.25, 0.3) is 0 Å². The summed E-state index contributed by atoms with van der Waals surface area (Å²) in [5.41, 5.74) is 2.82. The lowest BCUT2D eigenvalue weighted by Gasteiger charge is -1.93. The molecule has 0 aliphatic heterocycles. The molecule has 14 heavy (non-hydrogen) atoms. The molecule has 0 unspecified atom stereocenters. The van der Waals surface area contributed by atoms with Crippen LogP contribution in [0, 0.1) is 6.92 Å². The largest absolute Gasteiger partial charge is 0.273 e. The van der Waals surface area contributed by atoms with E-state index < -0.39 is 0 Å². The summed E-state index contributed by atoms with van der Waals surface area (Å²) in [6.45, 7) is 1.95. The summed E-state index contributed by atoms with van der Waals surface area (Å²) < 4.78 is 3.50. The van der Waals surface area contributed by atoms with Gasteiger partial charge in [-0.3, -0.25) is 4.68 Å². The molecule has 0 fully saturated rings. The third-order valence-corrected chi connectivity index (χ3v) is 2.49. The molecule has 0 amide bonds. The van der Waals surface area contributed by atoms with Crippen molar-refractivity contribution in [3.63, 3.8) is 0 Å². The predicted molar refractivity (Wildman–Crippen MR) is 55.5 cm³/mol. The van der Waals surface area contributed by atoms with E-state index in [0.29, 0.717) is 5.33 Å². The second kappa shape index (κ2) is 3.53. The van der Waals surface area contributed by atoms with Crippen LogP contribution in [0.4, 0.5) is 0 Å². The Morgan fingerprint density at radius 3 is 2.71 bits per heavy atom. The molecule has 0 bridgehead atoms. The highest BCUT2D eigenvalue weighted by atomic mass is 79.9. The van der Waals surface area contributed by atoms with Gasteiger partial charge < -0.3 is 0 Å². The van der Waals surface area contributed by atoms with Crippen LogP contribution >= 0.6 is 15.9 Å². The fraction of sp³-hybridized carbons (Fsp3) is 0.375. The highest BCUT2D eigenvalue weighted by Gasteiger charge is 2.07. The van der Waals surface area contributed by atoms with Crippen molar-refractivity contribution in [3.8, 4) is 5.69 Å². The average Bonchev–Trinajstić information content (AvgIpc) is 2.71. The molecule has 0 saturated carbocycles. The molecule has 2 aromatic heterocycles. The standard InChI is InChI=1S/C8H10BrN5/c1-6-8(5-13(2)11-6)14-4-7(3-9)10-12-14/h4-5H,3H2,1-2H3. The lowest BCUT2D eigenvalue weighted by atomic mass is 10.4. The van der Waals surface area contributed by atoms with Gasteiger partial charge in [0.15, 0.2) is 0 Å². The fourth-order valence-corrected chi connectivity index (χ4v) is 1.55. The first-order chi connectivity index (χ1) is 6.70. The van der Waals surface area contributed by atoms with Crippen molar-refractivity contribution < 1.29 is 0 Å². The Labute approximate surface area is 89.9 Å². The van der Waals surface area contributed by atoms with E-state index in [1.54, 1.807) is 9.36 Å². The Kier molecular flexibility index (Phi) is 2.37. The summed E-state index contributed by atoms with van der Waals surface area (Å²) in [7, 11) is 1.89. The summed E-state index contributed by atoms with van der Waals surface area (Å²) in [6, 6.07) is 0. The Morgan fingerprint density at radius 2 is 2.21 bits per heavy atom. The van der Waals surface area contributed by atoms with E-state index in [0.717, 1.165) is 17.1 Å². The molecule has 74 valence electrons. The van der Waals surface area contributed by atoms with Crippen LogP contribution in [0.3, 0.4) is 0 Å². The lowest BCUT2D eigenvalue weighted by molar-refractivity contribution is 0.755. The van der Waals surface area contributed by atoms with Crippen LogP contribution in [-0.2, 0) is 12.4 Å². The van der Waals surface area contributed by atoms with Crippen LogP contribution in [0.15, 0.2) is 12.4 Å². The molecule has 2 aromatic rings. The van der Waals surface area contributed by atoms with Crippen LogP contribution < -0.4 is 0 Å². The third-order valence-electron chi connectivity index (χ3n) is 1.91. The van der Waals surface area contributed by atoms with E-state index in [1.165, 1.54) is 0 Å². The van der Waals surface area contributed by atoms with Gasteiger partial charge in [-0.2, -0.15) is 5.10 Å². The molecule has 0 N–H and O–H groups in total. The van der Waals surface area contributed by atoms with Gasteiger partial charge in [0.1, 0.15) is 5.69 Å². The van der Waals surface area contributed by atoms with Gasteiger partial charge in [-0.15, -0.1) is 5.10 Å². The van der Waals surface area contributed by atoms with Gasteiger partial charge >= 0.3 is 0 Å². The zero-order chi connectivity index (χ0) is 10.1. The van der Waals surface area contributed by atoms with Crippen LogP contribution in [0.1, 0.15) is 11.4 Å². The monoisotopic (exact) mass is 255 g/mol. The fourth-order valence-electron chi connectivity index (χ4n) is 1.29. The zero-order valence-corrected chi connectivity index (χ0v) is 9.56. The summed E-state index contributed by atoms with van der Waals surface area (Å²) in [5, 5.41) is 13.0. The quantitative estimate of drug-likeness (QED) is 0.758. The molecular weight excluding hydrogens is 246 g/mol. The summed E-state index contributed by atoms with van der Waals surface area (Å²) in [4.78, 5) is 0. The Balaban J connectivity index is 2.43. The van der Waals surface area contributed by atoms with E-state index in [9.17, 15) is 0 Å². The number of hydrogen-bond donors (Lipinski definition) is 0. The average molecular weight is 256 g/mol. The molecule has 2 rings (SSSR count). The number of halogens is 1. The lowest BCUT2D eigenvalue weighted by Crippen LogP contribution is -1.94. The summed E-state index contributed by atoms with van der Waals surface area (Å²) in [6.07, 6.45) is 3.81. The van der Waals surface area contributed by atoms with Crippen LogP contribution in [0.2, 0.25) is 0 Å². The molecule has 0 radical (unpaired) electrons. The first-order valence-corrected chi connectivity index (χ1v) is 5.30. The van der Waals surface area contributed by atoms with E-state index in [1.807, 2.05) is 26.4 Å². The molecule has 0 aliphatic rings. The van der Waals surface area contributed by atoms with Crippen LogP contribution in [0.5, 0.6) is 0 Å². The van der Waals surface area contributed by atoms with Crippen LogP contribution in [0.25, 0.3) is 5.69 Å². The third kappa shape index (κ3) is 1.57. The Hall–Kier alpha value is -1.17. The molecule has 0 atom stereocenters. The highest BCUT2D eigenvalue weighted by molar-refractivity contribution is 9.08. The SMILES string of the molecule is Cc1nn(C)cc1-n1cc(CBr)nn1. The van der Waals surface area contributed by atoms with E-state index in [4.69, 9.17) is 0 Å². The Bertz CT molecular complexity index is 444. The molecule has 2 heterocycles. The molecule has 0 aromatic carbocycles. The van der Waals surface area contributed by atoms with E-state index >= 15 is 0 Å². The van der Waals surface area contributed by atoms with Crippen molar-refractivity contribution in [2.24, 2.45) is 7.05 Å². The topological polar surface area (TPSA) is 48.5 Å². The molecule has 5 nitrogen and oxygen atoms in total. The van der Waals surface area contributed by atoms with E-state index in [2.05, 4.69) is 31.3 Å². The minimum Gasteiger partial charge on any atom is -0.273 e. The van der Waals surface area contributed by atoms with Crippen LogP contribution in [-0.4, -0.2) is 24.8 Å². The molecular formula is C8H10BrN5. The first-order valence-electron chi connectivity index (χ1n) is 4.18. The number of alkyl halides is 1. The normalized spacial score (nSPS) is 10.8. The van der Waals surface area contributed by atoms with Crippen molar-refractivity contribution in [2.45, 2.75) is 12.3 Å². The summed E-state index contributed by atoms with van der Waals surface area (Å²) in [5.74, 6) is 0. The van der Waals surface area contributed by atoms with Gasteiger partial charge in [-0.05, 0) is 6.92 Å². The van der Waals surface area contributed by atoms with Crippen molar-refractivity contribution in [2.75, 3.05) is 0 Å². The van der Waals surface area contributed by atoms with E-state index in [-0.39, 0.29) is 0 Å². The number of aryl methyl sites for hydroxylation is 2. The predicted octanol–water partition coefficient (Wildman–Crippen LogP) is 1.20.